The molecule has 0 spiro atoms. The first-order chi connectivity index (χ1) is 11.8. The molecule has 2 amide bonds. The highest BCUT2D eigenvalue weighted by Gasteiger charge is 2.20. The first-order valence-electron chi connectivity index (χ1n) is 9.39. The van der Waals surface area contributed by atoms with Crippen molar-refractivity contribution in [3.05, 3.63) is 17.8 Å². The Hall–Kier alpha value is -1.85. The van der Waals surface area contributed by atoms with E-state index in [1.165, 1.54) is 25.5 Å². The molecule has 1 heterocycles. The number of carbonyl (C=O) groups is 2. The predicted molar refractivity (Wildman–Crippen MR) is 98.2 cm³/mol. The molecule has 6 heteroatoms. The van der Waals surface area contributed by atoms with Crippen LogP contribution in [0.4, 0.5) is 0 Å². The van der Waals surface area contributed by atoms with Crippen molar-refractivity contribution >= 4 is 11.8 Å². The third-order valence-electron chi connectivity index (χ3n) is 3.95. The van der Waals surface area contributed by atoms with E-state index in [0.717, 1.165) is 12.8 Å². The van der Waals surface area contributed by atoms with E-state index in [-0.39, 0.29) is 29.6 Å². The summed E-state index contributed by atoms with van der Waals surface area (Å²) < 4.78 is 5.39. The van der Waals surface area contributed by atoms with Crippen LogP contribution in [-0.4, -0.2) is 33.8 Å². The third kappa shape index (κ3) is 7.71. The number of oxazole rings is 1. The highest BCUT2D eigenvalue weighted by Crippen LogP contribution is 2.13. The Labute approximate surface area is 151 Å². The molecule has 1 N–H and O–H groups in total. The predicted octanol–water partition coefficient (Wildman–Crippen LogP) is 3.91. The fraction of sp³-hybridized carbons (Fsp3) is 0.737. The largest absolute Gasteiger partial charge is 0.446 e. The lowest BCUT2D eigenvalue weighted by atomic mass is 10.1. The van der Waals surface area contributed by atoms with Crippen LogP contribution in [0.5, 0.6) is 0 Å². The molecule has 6 nitrogen and oxygen atoms in total. The fourth-order valence-electron chi connectivity index (χ4n) is 2.55. The minimum atomic E-state index is -0.261. The van der Waals surface area contributed by atoms with Gasteiger partial charge in [0.25, 0.3) is 5.91 Å². The van der Waals surface area contributed by atoms with E-state index in [1.807, 2.05) is 27.7 Å². The zero-order valence-electron chi connectivity index (χ0n) is 16.3. The minimum absolute atomic E-state index is 0.0362. The lowest BCUT2D eigenvalue weighted by molar-refractivity contribution is -0.134. The molecule has 25 heavy (non-hydrogen) atoms. The molecule has 0 unspecified atom stereocenters. The summed E-state index contributed by atoms with van der Waals surface area (Å²) >= 11 is 0. The number of rotatable bonds is 11. The van der Waals surface area contributed by atoms with Crippen molar-refractivity contribution < 1.29 is 14.0 Å². The molecule has 0 radical (unpaired) electrons. The van der Waals surface area contributed by atoms with Gasteiger partial charge >= 0.3 is 0 Å². The number of nitrogens with zero attached hydrogens (tertiary/aromatic N) is 2. The van der Waals surface area contributed by atoms with Gasteiger partial charge in [-0.3, -0.25) is 9.59 Å². The average Bonchev–Trinajstić information content (AvgIpc) is 3.00. The van der Waals surface area contributed by atoms with Crippen LogP contribution in [0.1, 0.15) is 89.5 Å². The maximum atomic E-state index is 12.5. The van der Waals surface area contributed by atoms with Gasteiger partial charge in [0.15, 0.2) is 5.69 Å². The molecule has 0 aliphatic rings. The first kappa shape index (κ1) is 21.2. The second kappa shape index (κ2) is 10.9. The Kier molecular flexibility index (Phi) is 9.24. The lowest BCUT2D eigenvalue weighted by Gasteiger charge is -2.25. The van der Waals surface area contributed by atoms with E-state index >= 15 is 0 Å². The number of hydrogen-bond donors (Lipinski definition) is 1. The summed E-state index contributed by atoms with van der Waals surface area (Å²) in [6.07, 6.45) is 7.49. The Balaban J connectivity index is 2.58. The zero-order valence-corrected chi connectivity index (χ0v) is 16.3. The topological polar surface area (TPSA) is 75.4 Å². The van der Waals surface area contributed by atoms with Gasteiger partial charge in [0.2, 0.25) is 11.8 Å². The molecule has 0 aliphatic heterocycles. The average molecular weight is 351 g/mol. The Bertz CT molecular complexity index is 538. The van der Waals surface area contributed by atoms with Crippen LogP contribution in [0.15, 0.2) is 10.7 Å². The van der Waals surface area contributed by atoms with Gasteiger partial charge in [-0.15, -0.1) is 0 Å². The van der Waals surface area contributed by atoms with Crippen LogP contribution in [0.25, 0.3) is 0 Å². The summed E-state index contributed by atoms with van der Waals surface area (Å²) in [7, 11) is 0. The van der Waals surface area contributed by atoms with Gasteiger partial charge in [-0.1, -0.05) is 32.6 Å². The van der Waals surface area contributed by atoms with Gasteiger partial charge in [-0.05, 0) is 34.1 Å². The van der Waals surface area contributed by atoms with Crippen LogP contribution in [-0.2, 0) is 11.3 Å². The van der Waals surface area contributed by atoms with E-state index < -0.39 is 0 Å². The van der Waals surface area contributed by atoms with Gasteiger partial charge in [0, 0.05) is 18.5 Å². The maximum Gasteiger partial charge on any atom is 0.273 e. The van der Waals surface area contributed by atoms with Crippen molar-refractivity contribution in [1.29, 1.82) is 0 Å². The van der Waals surface area contributed by atoms with Crippen molar-refractivity contribution in [2.75, 3.05) is 0 Å². The normalized spacial score (nSPS) is 11.2. The van der Waals surface area contributed by atoms with Gasteiger partial charge in [0.05, 0.1) is 6.54 Å². The van der Waals surface area contributed by atoms with Crippen molar-refractivity contribution in [3.8, 4) is 0 Å². The highest BCUT2D eigenvalue weighted by molar-refractivity contribution is 5.92. The van der Waals surface area contributed by atoms with Crippen LogP contribution >= 0.6 is 0 Å². The summed E-state index contributed by atoms with van der Waals surface area (Å²) in [5.74, 6) is 0.239. The molecule has 1 rings (SSSR count). The van der Waals surface area contributed by atoms with Crippen molar-refractivity contribution in [2.24, 2.45) is 0 Å². The van der Waals surface area contributed by atoms with Crippen LogP contribution in [0.2, 0.25) is 0 Å². The standard InChI is InChI=1S/C19H33N3O3/c1-6-7-8-9-10-11-18(23)22(15(4)5)12-17-21-16(13-25-17)19(24)20-14(2)3/h13-15H,6-12H2,1-5H3,(H,20,24). The molecule has 0 saturated carbocycles. The number of aromatic nitrogens is 1. The van der Waals surface area contributed by atoms with Crippen molar-refractivity contribution in [1.82, 2.24) is 15.2 Å². The Morgan fingerprint density at radius 3 is 2.44 bits per heavy atom. The summed E-state index contributed by atoms with van der Waals surface area (Å²) in [5.41, 5.74) is 0.249. The number of nitrogens with one attached hydrogen (secondary N) is 1. The summed E-state index contributed by atoms with van der Waals surface area (Å²) in [5, 5.41) is 2.77. The molecule has 1 aromatic heterocycles. The SMILES string of the molecule is CCCCCCCC(=O)N(Cc1nc(C(=O)NC(C)C)co1)C(C)C. The monoisotopic (exact) mass is 351 g/mol. The second-order valence-corrected chi connectivity index (χ2v) is 7.03. The Morgan fingerprint density at radius 1 is 1.16 bits per heavy atom. The smallest absolute Gasteiger partial charge is 0.273 e. The first-order valence-corrected chi connectivity index (χ1v) is 9.39. The number of carbonyl (C=O) groups excluding carboxylic acids is 2. The molecule has 0 aromatic carbocycles. The van der Waals surface area contributed by atoms with E-state index in [9.17, 15) is 9.59 Å². The second-order valence-electron chi connectivity index (χ2n) is 7.03. The number of amides is 2. The number of unbranched alkanes of at least 4 members (excludes halogenated alkanes) is 4. The van der Waals surface area contributed by atoms with Crippen LogP contribution < -0.4 is 5.32 Å². The van der Waals surface area contributed by atoms with Gasteiger partial charge in [0.1, 0.15) is 6.26 Å². The molecular weight excluding hydrogens is 318 g/mol. The van der Waals surface area contributed by atoms with E-state index in [1.54, 1.807) is 4.90 Å². The molecule has 0 aliphatic carbocycles. The van der Waals surface area contributed by atoms with Gasteiger partial charge in [-0.2, -0.15) is 0 Å². The maximum absolute atomic E-state index is 12.5. The summed E-state index contributed by atoms with van der Waals surface area (Å²) in [6, 6.07) is 0.0945. The van der Waals surface area contributed by atoms with Gasteiger partial charge in [-0.25, -0.2) is 4.98 Å². The van der Waals surface area contributed by atoms with Crippen molar-refractivity contribution in [3.63, 3.8) is 0 Å². The molecule has 0 fully saturated rings. The van der Waals surface area contributed by atoms with Crippen LogP contribution in [0.3, 0.4) is 0 Å². The van der Waals surface area contributed by atoms with E-state index in [2.05, 4.69) is 17.2 Å². The zero-order chi connectivity index (χ0) is 18.8. The van der Waals surface area contributed by atoms with Gasteiger partial charge < -0.3 is 14.6 Å². The third-order valence-corrected chi connectivity index (χ3v) is 3.95. The van der Waals surface area contributed by atoms with Crippen LogP contribution in [0, 0.1) is 0 Å². The molecule has 142 valence electrons. The summed E-state index contributed by atoms with van der Waals surface area (Å²) in [6.45, 7) is 10.2. The lowest BCUT2D eigenvalue weighted by Crippen LogP contribution is -2.36. The molecule has 1 aromatic rings. The highest BCUT2D eigenvalue weighted by atomic mass is 16.3. The molecule has 0 saturated heterocycles. The number of hydrogen-bond acceptors (Lipinski definition) is 4. The molecule has 0 atom stereocenters. The van der Waals surface area contributed by atoms with E-state index in [0.29, 0.717) is 18.9 Å². The fourth-order valence-corrected chi connectivity index (χ4v) is 2.55. The minimum Gasteiger partial charge on any atom is -0.446 e. The summed E-state index contributed by atoms with van der Waals surface area (Å²) in [4.78, 5) is 30.4. The Morgan fingerprint density at radius 2 is 1.84 bits per heavy atom. The molecule has 0 bridgehead atoms. The van der Waals surface area contributed by atoms with E-state index in [4.69, 9.17) is 4.42 Å². The molecular formula is C19H33N3O3. The van der Waals surface area contributed by atoms with Crippen molar-refractivity contribution in [2.45, 2.75) is 91.8 Å². The quantitative estimate of drug-likeness (QED) is 0.613.